The summed E-state index contributed by atoms with van der Waals surface area (Å²) in [7, 11) is 0. The van der Waals surface area contributed by atoms with Gasteiger partial charge >= 0.3 is 0 Å². The fourth-order valence-corrected chi connectivity index (χ4v) is 4.21. The second-order valence-corrected chi connectivity index (χ2v) is 8.46. The summed E-state index contributed by atoms with van der Waals surface area (Å²) < 4.78 is 6.24. The third-order valence-corrected chi connectivity index (χ3v) is 6.05. The average Bonchev–Trinajstić information content (AvgIpc) is 2.84. The highest BCUT2D eigenvalue weighted by Gasteiger charge is 2.24. The summed E-state index contributed by atoms with van der Waals surface area (Å²) in [5, 5.41) is 2.98. The zero-order valence-corrected chi connectivity index (χ0v) is 18.6. The zero-order chi connectivity index (χ0) is 22.2. The number of carbonyl (C=O) groups excluding carboxylic acids is 1. The molecule has 0 saturated carbocycles. The first-order valence-corrected chi connectivity index (χ1v) is 11.4. The Morgan fingerprint density at radius 3 is 2.59 bits per heavy atom. The fourth-order valence-electron chi connectivity index (χ4n) is 4.21. The van der Waals surface area contributed by atoms with Gasteiger partial charge in [-0.05, 0) is 61.6 Å². The lowest BCUT2D eigenvalue weighted by Crippen LogP contribution is -2.43. The number of hydrogen-bond acceptors (Lipinski definition) is 4. The minimum absolute atomic E-state index is 0.0849. The lowest BCUT2D eigenvalue weighted by atomic mass is 10.0. The number of benzene rings is 2. The van der Waals surface area contributed by atoms with Crippen molar-refractivity contribution in [1.82, 2.24) is 15.2 Å². The van der Waals surface area contributed by atoms with E-state index in [-0.39, 0.29) is 12.0 Å². The maximum atomic E-state index is 12.6. The molecule has 5 heteroatoms. The van der Waals surface area contributed by atoms with Crippen molar-refractivity contribution in [1.29, 1.82) is 0 Å². The predicted molar refractivity (Wildman–Crippen MR) is 127 cm³/mol. The molecule has 1 aromatic heterocycles. The molecule has 1 aliphatic rings. The first-order chi connectivity index (χ1) is 15.7. The second-order valence-electron chi connectivity index (χ2n) is 8.46. The zero-order valence-electron chi connectivity index (χ0n) is 18.6. The Kier molecular flexibility index (Phi) is 7.51. The van der Waals surface area contributed by atoms with Gasteiger partial charge in [0.15, 0.2) is 0 Å². The number of nitrogens with zero attached hydrogens (tertiary/aromatic N) is 2. The van der Waals surface area contributed by atoms with Crippen molar-refractivity contribution < 1.29 is 9.53 Å². The van der Waals surface area contributed by atoms with Gasteiger partial charge < -0.3 is 15.0 Å². The molecule has 1 aliphatic heterocycles. The van der Waals surface area contributed by atoms with Crippen LogP contribution in [0.1, 0.15) is 41.3 Å². The van der Waals surface area contributed by atoms with Crippen molar-refractivity contribution in [2.24, 2.45) is 0 Å². The van der Waals surface area contributed by atoms with Crippen LogP contribution < -0.4 is 10.1 Å². The first-order valence-electron chi connectivity index (χ1n) is 11.4. The summed E-state index contributed by atoms with van der Waals surface area (Å²) in [4.78, 5) is 19.3. The number of rotatable bonds is 8. The van der Waals surface area contributed by atoms with Crippen molar-refractivity contribution >= 4 is 5.91 Å². The van der Waals surface area contributed by atoms with Crippen LogP contribution in [-0.4, -0.2) is 41.0 Å². The van der Waals surface area contributed by atoms with Crippen LogP contribution in [0.25, 0.3) is 0 Å². The van der Waals surface area contributed by atoms with Crippen molar-refractivity contribution in [2.45, 2.75) is 44.9 Å². The highest BCUT2D eigenvalue weighted by atomic mass is 16.5. The van der Waals surface area contributed by atoms with E-state index in [1.807, 2.05) is 73.1 Å². The predicted octanol–water partition coefficient (Wildman–Crippen LogP) is 4.49. The number of amides is 1. The van der Waals surface area contributed by atoms with E-state index in [1.165, 1.54) is 5.56 Å². The van der Waals surface area contributed by atoms with Crippen LogP contribution in [0.2, 0.25) is 0 Å². The smallest absolute Gasteiger partial charge is 0.251 e. The molecule has 2 aromatic carbocycles. The minimum atomic E-state index is -0.0849. The Morgan fingerprint density at radius 2 is 1.84 bits per heavy atom. The maximum absolute atomic E-state index is 12.6. The van der Waals surface area contributed by atoms with Gasteiger partial charge in [0.2, 0.25) is 0 Å². The van der Waals surface area contributed by atoms with Crippen LogP contribution in [0, 0.1) is 0 Å². The van der Waals surface area contributed by atoms with E-state index in [1.54, 1.807) is 0 Å². The van der Waals surface area contributed by atoms with Gasteiger partial charge in [-0.25, -0.2) is 0 Å². The summed E-state index contributed by atoms with van der Waals surface area (Å²) in [5.74, 6) is 0.678. The molecule has 1 amide bonds. The lowest BCUT2D eigenvalue weighted by molar-refractivity contribution is 0.0795. The molecule has 1 N–H and O–H groups in total. The molecular weight excluding hydrogens is 398 g/mol. The highest BCUT2D eigenvalue weighted by molar-refractivity contribution is 5.94. The topological polar surface area (TPSA) is 54.5 Å². The quantitative estimate of drug-likeness (QED) is 0.573. The fraction of sp³-hybridized carbons (Fsp3) is 0.333. The highest BCUT2D eigenvalue weighted by Crippen LogP contribution is 2.22. The van der Waals surface area contributed by atoms with Gasteiger partial charge in [0.05, 0.1) is 0 Å². The number of pyridine rings is 1. The Morgan fingerprint density at radius 1 is 1.06 bits per heavy atom. The average molecular weight is 430 g/mol. The van der Waals surface area contributed by atoms with Crippen molar-refractivity contribution in [3.8, 4) is 5.75 Å². The molecular formula is C27H31N3O2. The number of nitrogens with one attached hydrogen (secondary N) is 1. The molecule has 3 aromatic rings. The molecule has 0 bridgehead atoms. The number of carbonyl (C=O) groups is 1. The van der Waals surface area contributed by atoms with E-state index in [0.29, 0.717) is 18.2 Å². The van der Waals surface area contributed by atoms with E-state index in [0.717, 1.165) is 43.7 Å². The molecule has 1 fully saturated rings. The number of ether oxygens (including phenoxy) is 1. The van der Waals surface area contributed by atoms with Crippen LogP contribution >= 0.6 is 0 Å². The summed E-state index contributed by atoms with van der Waals surface area (Å²) in [6.45, 7) is 4.83. The standard InChI is InChI=1S/C27H31N3O2/c1-21(17-23-9-6-14-28-19-23)30-15-12-25(13-16-30)32-26-11-5-10-24(18-26)27(31)29-20-22-7-3-2-4-8-22/h2-11,14,18-19,21,25H,12-13,15-17,20H2,1H3,(H,29,31)/t21-/m1/s1. The van der Waals surface area contributed by atoms with Crippen LogP contribution in [0.15, 0.2) is 79.1 Å². The van der Waals surface area contributed by atoms with Crippen molar-refractivity contribution in [3.63, 3.8) is 0 Å². The normalized spacial score (nSPS) is 15.8. The summed E-state index contributed by atoms with van der Waals surface area (Å²) in [5.41, 5.74) is 2.99. The van der Waals surface area contributed by atoms with Gasteiger partial charge in [0.25, 0.3) is 5.91 Å². The Hall–Kier alpha value is -3.18. The van der Waals surface area contributed by atoms with Gasteiger partial charge in [-0.3, -0.25) is 9.78 Å². The van der Waals surface area contributed by atoms with Gasteiger partial charge in [-0.2, -0.15) is 0 Å². The third kappa shape index (κ3) is 6.17. The number of piperidine rings is 1. The lowest BCUT2D eigenvalue weighted by Gasteiger charge is -2.36. The molecule has 166 valence electrons. The van der Waals surface area contributed by atoms with Crippen LogP contribution in [-0.2, 0) is 13.0 Å². The SMILES string of the molecule is C[C@H](Cc1cccnc1)N1CCC(Oc2cccc(C(=O)NCc3ccccc3)c2)CC1. The number of hydrogen-bond donors (Lipinski definition) is 1. The monoisotopic (exact) mass is 429 g/mol. The largest absolute Gasteiger partial charge is 0.490 e. The van der Waals surface area contributed by atoms with E-state index in [2.05, 4.69) is 28.2 Å². The van der Waals surface area contributed by atoms with Crippen LogP contribution in [0.4, 0.5) is 0 Å². The Balaban J connectivity index is 1.25. The van der Waals surface area contributed by atoms with E-state index in [9.17, 15) is 4.79 Å². The Labute approximate surface area is 190 Å². The van der Waals surface area contributed by atoms with E-state index < -0.39 is 0 Å². The molecule has 32 heavy (non-hydrogen) atoms. The third-order valence-electron chi connectivity index (χ3n) is 6.05. The molecule has 0 aliphatic carbocycles. The molecule has 0 radical (unpaired) electrons. The molecule has 0 unspecified atom stereocenters. The first kappa shape index (κ1) is 22.0. The van der Waals surface area contributed by atoms with Crippen LogP contribution in [0.5, 0.6) is 5.75 Å². The van der Waals surface area contributed by atoms with Crippen molar-refractivity contribution in [2.75, 3.05) is 13.1 Å². The molecule has 1 saturated heterocycles. The minimum Gasteiger partial charge on any atom is -0.490 e. The molecule has 1 atom stereocenters. The number of likely N-dealkylation sites (tertiary alicyclic amines) is 1. The van der Waals surface area contributed by atoms with Gasteiger partial charge in [0, 0.05) is 43.6 Å². The van der Waals surface area contributed by atoms with Gasteiger partial charge in [-0.1, -0.05) is 42.5 Å². The van der Waals surface area contributed by atoms with Gasteiger partial charge in [0.1, 0.15) is 11.9 Å². The molecule has 2 heterocycles. The van der Waals surface area contributed by atoms with E-state index >= 15 is 0 Å². The second kappa shape index (κ2) is 10.9. The number of aromatic nitrogens is 1. The maximum Gasteiger partial charge on any atom is 0.251 e. The summed E-state index contributed by atoms with van der Waals surface area (Å²) in [6, 6.07) is 22.0. The van der Waals surface area contributed by atoms with Gasteiger partial charge in [-0.15, -0.1) is 0 Å². The van der Waals surface area contributed by atoms with E-state index in [4.69, 9.17) is 4.74 Å². The molecule has 4 rings (SSSR count). The molecule has 0 spiro atoms. The molecule has 5 nitrogen and oxygen atoms in total. The summed E-state index contributed by atoms with van der Waals surface area (Å²) in [6.07, 6.45) is 6.94. The van der Waals surface area contributed by atoms with Crippen molar-refractivity contribution in [3.05, 3.63) is 95.8 Å². The van der Waals surface area contributed by atoms with Crippen LogP contribution in [0.3, 0.4) is 0 Å². The Bertz CT molecular complexity index is 986. The summed E-state index contributed by atoms with van der Waals surface area (Å²) >= 11 is 0.